The average Bonchev–Trinajstić information content (AvgIpc) is 3.39. The number of carbonyl (C=O) groups is 3. The number of aromatic nitrogens is 4. The Hall–Kier alpha value is -3.34. The maximum atomic E-state index is 13.4. The molecule has 2 aromatic rings. The quantitative estimate of drug-likeness (QED) is 0.357. The zero-order chi connectivity index (χ0) is 33.4. The fourth-order valence-electron chi connectivity index (χ4n) is 5.88. The van der Waals surface area contributed by atoms with Crippen LogP contribution in [0.1, 0.15) is 46.5 Å². The van der Waals surface area contributed by atoms with Gasteiger partial charge in [-0.2, -0.15) is 9.28 Å². The Morgan fingerprint density at radius 2 is 1.65 bits per heavy atom. The summed E-state index contributed by atoms with van der Waals surface area (Å²) < 4.78 is 13.3. The Bertz CT molecular complexity index is 1440. The van der Waals surface area contributed by atoms with Crippen LogP contribution in [0.5, 0.6) is 0 Å². The van der Waals surface area contributed by atoms with Crippen LogP contribution in [0.2, 0.25) is 19.6 Å². The predicted octanol–water partition coefficient (Wildman–Crippen LogP) is 1.83. The van der Waals surface area contributed by atoms with Crippen molar-refractivity contribution >= 4 is 43.3 Å². The van der Waals surface area contributed by atoms with E-state index >= 15 is 0 Å². The van der Waals surface area contributed by atoms with Crippen molar-refractivity contribution in [3.63, 3.8) is 0 Å². The monoisotopic (exact) mass is 659 g/mol. The van der Waals surface area contributed by atoms with Gasteiger partial charge in [-0.3, -0.25) is 9.91 Å². The molecule has 0 aliphatic carbocycles. The van der Waals surface area contributed by atoms with E-state index in [1.54, 1.807) is 11.1 Å². The van der Waals surface area contributed by atoms with Gasteiger partial charge in [0, 0.05) is 45.8 Å². The second-order valence-corrected chi connectivity index (χ2v) is 20.1. The number of anilines is 1. The van der Waals surface area contributed by atoms with E-state index in [1.165, 1.54) is 6.92 Å². The normalized spacial score (nSPS) is 21.7. The third-order valence-electron chi connectivity index (χ3n) is 9.16. The summed E-state index contributed by atoms with van der Waals surface area (Å²) in [5.74, 6) is 1.01. The highest BCUT2D eigenvalue weighted by atomic mass is 28.3. The van der Waals surface area contributed by atoms with Crippen LogP contribution in [0.4, 0.5) is 15.5 Å². The zero-order valence-corrected chi connectivity index (χ0v) is 29.6. The van der Waals surface area contributed by atoms with Crippen molar-refractivity contribution in [1.29, 1.82) is 0 Å². The molecule has 0 spiro atoms. The molecular formula is C30H51N10O5Si+. The van der Waals surface area contributed by atoms with Crippen LogP contribution in [0.25, 0.3) is 11.2 Å². The summed E-state index contributed by atoms with van der Waals surface area (Å²) >= 11 is 0. The van der Waals surface area contributed by atoms with Crippen LogP contribution in [-0.4, -0.2) is 138 Å². The maximum absolute atomic E-state index is 13.4. The molecular weight excluding hydrogens is 608 g/mol. The largest absolute Gasteiger partial charge is 0.524 e. The number of carbonyl (C=O) groups excluding carboxylic acids is 3. The molecule has 0 bridgehead atoms. The van der Waals surface area contributed by atoms with Crippen molar-refractivity contribution < 1.29 is 28.3 Å². The molecule has 5 heterocycles. The van der Waals surface area contributed by atoms with Crippen molar-refractivity contribution in [3.8, 4) is 0 Å². The standard InChI is InChI=1S/C30H51N10O5Si/c1-21(41)40(29(43)45-30(3,4)5)17-15-37(16-18-40)39-26-23(34-27(39)36-12-9-31-10-13-36)19-33-25(35-26)24-20-32-11-14-38(24)28(42)44-22(2)46(6,7)8/h19,22,24,31-32H,9-18,20H2,1-8H3/q+1. The number of ether oxygens (including phenoxy) is 2. The lowest BCUT2D eigenvalue weighted by atomic mass is 10.2. The number of piperazine rings is 3. The number of hydrogen-bond donors (Lipinski definition) is 2. The molecule has 2 unspecified atom stereocenters. The summed E-state index contributed by atoms with van der Waals surface area (Å²) in [4.78, 5) is 58.4. The summed E-state index contributed by atoms with van der Waals surface area (Å²) in [6.45, 7) is 21.5. The molecule has 0 aromatic carbocycles. The van der Waals surface area contributed by atoms with Crippen LogP contribution < -0.4 is 20.5 Å². The first-order chi connectivity index (χ1) is 21.6. The molecule has 2 aromatic heterocycles. The third-order valence-corrected chi connectivity index (χ3v) is 11.7. The van der Waals surface area contributed by atoms with Crippen molar-refractivity contribution in [2.24, 2.45) is 0 Å². The molecule has 254 valence electrons. The van der Waals surface area contributed by atoms with Gasteiger partial charge in [-0.1, -0.05) is 19.6 Å². The van der Waals surface area contributed by atoms with Gasteiger partial charge in [0.2, 0.25) is 5.95 Å². The van der Waals surface area contributed by atoms with Crippen LogP contribution in [0.15, 0.2) is 6.20 Å². The minimum Gasteiger partial charge on any atom is -0.450 e. The van der Waals surface area contributed by atoms with Gasteiger partial charge in [-0.15, -0.1) is 0 Å². The van der Waals surface area contributed by atoms with Gasteiger partial charge in [0.1, 0.15) is 30.2 Å². The molecule has 3 aliphatic rings. The Balaban J connectivity index is 1.49. The minimum atomic E-state index is -1.70. The molecule has 2 N–H and O–H groups in total. The molecule has 15 nitrogen and oxygen atoms in total. The number of fused-ring (bicyclic) bond motifs is 1. The van der Waals surface area contributed by atoms with Gasteiger partial charge in [0.15, 0.2) is 11.5 Å². The number of rotatable bonds is 5. The van der Waals surface area contributed by atoms with Crippen molar-refractivity contribution in [2.45, 2.75) is 71.6 Å². The second kappa shape index (κ2) is 13.0. The van der Waals surface area contributed by atoms with Crippen LogP contribution in [-0.2, 0) is 14.3 Å². The molecule has 16 heteroatoms. The average molecular weight is 660 g/mol. The lowest BCUT2D eigenvalue weighted by Gasteiger charge is -2.41. The number of hydrogen-bond acceptors (Lipinski definition) is 12. The number of imide groups is 1. The summed E-state index contributed by atoms with van der Waals surface area (Å²) in [5.41, 5.74) is 0.405. The molecule has 46 heavy (non-hydrogen) atoms. The van der Waals surface area contributed by atoms with Crippen LogP contribution >= 0.6 is 0 Å². The van der Waals surface area contributed by atoms with Gasteiger partial charge in [-0.05, 0) is 27.7 Å². The van der Waals surface area contributed by atoms with E-state index in [-0.39, 0.29) is 35.3 Å². The van der Waals surface area contributed by atoms with E-state index in [9.17, 15) is 14.4 Å². The molecule has 5 rings (SSSR count). The Kier molecular flexibility index (Phi) is 9.64. The fourth-order valence-corrected chi connectivity index (χ4v) is 6.33. The van der Waals surface area contributed by atoms with Crippen molar-refractivity contribution in [1.82, 2.24) is 35.2 Å². The predicted molar refractivity (Wildman–Crippen MR) is 177 cm³/mol. The van der Waals surface area contributed by atoms with Gasteiger partial charge in [0.25, 0.3) is 0 Å². The number of imidazole rings is 1. The fraction of sp³-hybridized carbons (Fsp3) is 0.733. The number of amides is 3. The summed E-state index contributed by atoms with van der Waals surface area (Å²) in [7, 11) is -1.70. The third kappa shape index (κ3) is 6.99. The highest BCUT2D eigenvalue weighted by molar-refractivity contribution is 6.77. The lowest BCUT2D eigenvalue weighted by molar-refractivity contribution is -0.784. The van der Waals surface area contributed by atoms with E-state index in [0.717, 1.165) is 32.1 Å². The molecule has 3 aliphatic heterocycles. The van der Waals surface area contributed by atoms with Gasteiger partial charge in [-0.25, -0.2) is 29.2 Å². The molecule has 0 radical (unpaired) electrons. The SMILES string of the molecule is CC(=O)[N+]1(C(=O)OC(C)(C)C)CCN(n2c(N3CCNCC3)nc3cnc(C4CNCCN4C(=O)OC(C)[Si](C)(C)C)nc32)CC1. The van der Waals surface area contributed by atoms with Crippen molar-refractivity contribution in [3.05, 3.63) is 12.0 Å². The molecule has 3 saturated heterocycles. The van der Waals surface area contributed by atoms with Crippen LogP contribution in [0.3, 0.4) is 0 Å². The van der Waals surface area contributed by atoms with Crippen LogP contribution in [0, 0.1) is 0 Å². The topological polar surface area (TPSA) is 147 Å². The first-order valence-corrected chi connectivity index (χ1v) is 19.9. The molecule has 3 amide bonds. The van der Waals surface area contributed by atoms with E-state index in [2.05, 4.69) is 40.2 Å². The Morgan fingerprint density at radius 3 is 2.26 bits per heavy atom. The highest BCUT2D eigenvalue weighted by Crippen LogP contribution is 2.28. The molecule has 2 atom stereocenters. The summed E-state index contributed by atoms with van der Waals surface area (Å²) in [6, 6.07) is -0.416. The van der Waals surface area contributed by atoms with E-state index in [0.29, 0.717) is 49.7 Å². The molecule has 0 saturated carbocycles. The first kappa shape index (κ1) is 34.0. The number of quaternary nitrogens is 1. The minimum absolute atomic E-state index is 0.137. The maximum Gasteiger partial charge on any atom is 0.524 e. The summed E-state index contributed by atoms with van der Waals surface area (Å²) in [5, 5.41) is 8.89. The van der Waals surface area contributed by atoms with E-state index < -0.39 is 25.8 Å². The second-order valence-electron chi connectivity index (χ2n) is 14.6. The van der Waals surface area contributed by atoms with Crippen molar-refractivity contribution in [2.75, 3.05) is 81.9 Å². The van der Waals surface area contributed by atoms with Gasteiger partial charge in [0.05, 0.1) is 40.0 Å². The Labute approximate surface area is 272 Å². The van der Waals surface area contributed by atoms with Gasteiger partial charge < -0.3 is 25.0 Å². The smallest absolute Gasteiger partial charge is 0.450 e. The van der Waals surface area contributed by atoms with E-state index in [1.807, 2.05) is 32.4 Å². The molecule has 3 fully saturated rings. The van der Waals surface area contributed by atoms with Gasteiger partial charge >= 0.3 is 18.1 Å². The lowest BCUT2D eigenvalue weighted by Crippen LogP contribution is -2.67. The number of nitrogens with zero attached hydrogens (tertiary/aromatic N) is 8. The first-order valence-electron chi connectivity index (χ1n) is 16.4. The Morgan fingerprint density at radius 1 is 1.00 bits per heavy atom. The highest BCUT2D eigenvalue weighted by Gasteiger charge is 2.49. The summed E-state index contributed by atoms with van der Waals surface area (Å²) in [6.07, 6.45) is 0.849. The number of nitrogens with one attached hydrogen (secondary N) is 2. The zero-order valence-electron chi connectivity index (χ0n) is 28.6. The van der Waals surface area contributed by atoms with E-state index in [4.69, 9.17) is 24.4 Å².